The van der Waals surface area contributed by atoms with E-state index in [1.54, 1.807) is 11.8 Å². The SMILES string of the molecule is CCCCOc1ccc(-c2nc3s/c(=C/c4ccc(SC)cc4)c(=O)n3n2)cc1. The number of benzene rings is 2. The van der Waals surface area contributed by atoms with E-state index in [1.807, 2.05) is 60.9 Å². The highest BCUT2D eigenvalue weighted by Crippen LogP contribution is 2.21. The molecule has 0 saturated carbocycles. The van der Waals surface area contributed by atoms with Crippen molar-refractivity contribution in [3.63, 3.8) is 0 Å². The Kier molecular flexibility index (Phi) is 5.97. The minimum absolute atomic E-state index is 0.141. The van der Waals surface area contributed by atoms with Crippen LogP contribution in [-0.4, -0.2) is 27.5 Å². The molecule has 0 bridgehead atoms. The van der Waals surface area contributed by atoms with Crippen molar-refractivity contribution in [1.29, 1.82) is 0 Å². The lowest BCUT2D eigenvalue weighted by molar-refractivity contribution is 0.309. The third kappa shape index (κ3) is 4.36. The van der Waals surface area contributed by atoms with Gasteiger partial charge in [0.1, 0.15) is 5.75 Å². The maximum atomic E-state index is 12.7. The summed E-state index contributed by atoms with van der Waals surface area (Å²) < 4.78 is 7.70. The largest absolute Gasteiger partial charge is 0.494 e. The molecule has 0 amide bonds. The van der Waals surface area contributed by atoms with Gasteiger partial charge in [-0.25, -0.2) is 0 Å². The smallest absolute Gasteiger partial charge is 0.291 e. The van der Waals surface area contributed by atoms with Crippen LogP contribution in [0, 0.1) is 0 Å². The van der Waals surface area contributed by atoms with Gasteiger partial charge in [0.15, 0.2) is 5.82 Å². The number of thiazole rings is 1. The number of unbranched alkanes of at least 4 members (excludes halogenated alkanes) is 1. The van der Waals surface area contributed by atoms with Crippen molar-refractivity contribution >= 4 is 34.1 Å². The Morgan fingerprint density at radius 2 is 1.90 bits per heavy atom. The molecule has 5 nitrogen and oxygen atoms in total. The zero-order valence-corrected chi connectivity index (χ0v) is 17.9. The Hall–Kier alpha value is -2.64. The van der Waals surface area contributed by atoms with E-state index in [9.17, 15) is 4.79 Å². The van der Waals surface area contributed by atoms with E-state index in [0.29, 0.717) is 21.9 Å². The first-order valence-electron chi connectivity index (χ1n) is 9.46. The Labute approximate surface area is 177 Å². The average Bonchev–Trinajstić information content (AvgIpc) is 3.29. The van der Waals surface area contributed by atoms with Crippen LogP contribution in [-0.2, 0) is 0 Å². The van der Waals surface area contributed by atoms with Gasteiger partial charge in [-0.3, -0.25) is 4.79 Å². The van der Waals surface area contributed by atoms with Gasteiger partial charge in [0.2, 0.25) is 4.96 Å². The number of nitrogens with zero attached hydrogens (tertiary/aromatic N) is 3. The summed E-state index contributed by atoms with van der Waals surface area (Å²) in [5.41, 5.74) is 1.71. The van der Waals surface area contributed by atoms with Gasteiger partial charge in [-0.1, -0.05) is 36.8 Å². The molecule has 0 spiro atoms. The third-order valence-corrected chi connectivity index (χ3v) is 6.18. The number of hydrogen-bond donors (Lipinski definition) is 0. The number of thioether (sulfide) groups is 1. The molecule has 0 N–H and O–H groups in total. The topological polar surface area (TPSA) is 56.5 Å². The molecule has 29 heavy (non-hydrogen) atoms. The maximum Gasteiger partial charge on any atom is 0.291 e. The van der Waals surface area contributed by atoms with E-state index in [2.05, 4.69) is 17.0 Å². The third-order valence-electron chi connectivity index (χ3n) is 4.47. The van der Waals surface area contributed by atoms with Crippen molar-refractivity contribution in [1.82, 2.24) is 14.6 Å². The Bertz CT molecular complexity index is 1210. The molecular formula is C22H21N3O2S2. The molecule has 148 valence electrons. The summed E-state index contributed by atoms with van der Waals surface area (Å²) in [6.45, 7) is 2.85. The fraction of sp³-hybridized carbons (Fsp3) is 0.227. The standard InChI is InChI=1S/C22H21N3O2S2/c1-3-4-13-27-17-9-7-16(8-10-17)20-23-22-25(24-20)21(26)19(29-22)14-15-5-11-18(28-2)12-6-15/h5-12,14H,3-4,13H2,1-2H3/b19-14+. The van der Waals surface area contributed by atoms with E-state index >= 15 is 0 Å². The van der Waals surface area contributed by atoms with Gasteiger partial charge in [0.25, 0.3) is 5.56 Å². The van der Waals surface area contributed by atoms with Crippen LogP contribution in [0.1, 0.15) is 25.3 Å². The Morgan fingerprint density at radius 3 is 2.55 bits per heavy atom. The molecule has 0 saturated heterocycles. The number of hydrogen-bond acceptors (Lipinski definition) is 6. The van der Waals surface area contributed by atoms with Crippen molar-refractivity contribution < 1.29 is 4.74 Å². The molecule has 0 atom stereocenters. The van der Waals surface area contributed by atoms with Crippen molar-refractivity contribution in [3.8, 4) is 17.1 Å². The summed E-state index contributed by atoms with van der Waals surface area (Å²) in [7, 11) is 0. The monoisotopic (exact) mass is 423 g/mol. The molecule has 4 aromatic rings. The number of aromatic nitrogens is 3. The molecule has 2 aromatic carbocycles. The maximum absolute atomic E-state index is 12.7. The lowest BCUT2D eigenvalue weighted by Gasteiger charge is -2.05. The summed E-state index contributed by atoms with van der Waals surface area (Å²) >= 11 is 3.04. The fourth-order valence-electron chi connectivity index (χ4n) is 2.84. The minimum Gasteiger partial charge on any atom is -0.494 e. The molecule has 7 heteroatoms. The van der Waals surface area contributed by atoms with Crippen molar-refractivity contribution in [3.05, 3.63) is 69.0 Å². The molecule has 0 aliphatic heterocycles. The molecule has 0 aliphatic carbocycles. The first-order valence-corrected chi connectivity index (χ1v) is 11.5. The van der Waals surface area contributed by atoms with Gasteiger partial charge in [-0.05, 0) is 60.7 Å². The van der Waals surface area contributed by atoms with Crippen LogP contribution in [0.4, 0.5) is 0 Å². The Morgan fingerprint density at radius 1 is 1.14 bits per heavy atom. The van der Waals surface area contributed by atoms with Crippen LogP contribution in [0.25, 0.3) is 22.4 Å². The van der Waals surface area contributed by atoms with Crippen molar-refractivity contribution in [2.75, 3.05) is 12.9 Å². The van der Waals surface area contributed by atoms with Gasteiger partial charge < -0.3 is 4.74 Å². The molecule has 0 unspecified atom stereocenters. The van der Waals surface area contributed by atoms with E-state index < -0.39 is 0 Å². The zero-order chi connectivity index (χ0) is 20.2. The second kappa shape index (κ2) is 8.80. The molecular weight excluding hydrogens is 402 g/mol. The predicted octanol–water partition coefficient (Wildman–Crippen LogP) is 4.27. The summed E-state index contributed by atoms with van der Waals surface area (Å²) in [5, 5.41) is 4.42. The normalized spacial score (nSPS) is 12.0. The molecule has 0 fully saturated rings. The van der Waals surface area contributed by atoms with Crippen molar-refractivity contribution in [2.45, 2.75) is 24.7 Å². The lowest BCUT2D eigenvalue weighted by atomic mass is 10.2. The summed E-state index contributed by atoms with van der Waals surface area (Å²) in [4.78, 5) is 19.1. The second-order valence-corrected chi connectivity index (χ2v) is 8.43. The van der Waals surface area contributed by atoms with Gasteiger partial charge in [-0.15, -0.1) is 16.9 Å². The molecule has 2 aromatic heterocycles. The predicted molar refractivity (Wildman–Crippen MR) is 120 cm³/mol. The molecule has 0 aliphatic rings. The number of fused-ring (bicyclic) bond motifs is 1. The fourth-order valence-corrected chi connectivity index (χ4v) is 4.16. The van der Waals surface area contributed by atoms with Crippen LogP contribution < -0.4 is 14.8 Å². The van der Waals surface area contributed by atoms with Gasteiger partial charge >= 0.3 is 0 Å². The summed E-state index contributed by atoms with van der Waals surface area (Å²) in [6, 6.07) is 15.8. The highest BCUT2D eigenvalue weighted by molar-refractivity contribution is 7.98. The lowest BCUT2D eigenvalue weighted by Crippen LogP contribution is -2.23. The van der Waals surface area contributed by atoms with Crippen LogP contribution >= 0.6 is 23.1 Å². The second-order valence-electron chi connectivity index (χ2n) is 6.55. The Balaban J connectivity index is 1.59. The van der Waals surface area contributed by atoms with E-state index in [-0.39, 0.29) is 5.56 Å². The average molecular weight is 424 g/mol. The summed E-state index contributed by atoms with van der Waals surface area (Å²) in [5.74, 6) is 1.38. The van der Waals surface area contributed by atoms with E-state index in [1.165, 1.54) is 20.7 Å². The van der Waals surface area contributed by atoms with Crippen LogP contribution in [0.5, 0.6) is 5.75 Å². The van der Waals surface area contributed by atoms with Crippen molar-refractivity contribution in [2.24, 2.45) is 0 Å². The molecule has 2 heterocycles. The highest BCUT2D eigenvalue weighted by Gasteiger charge is 2.12. The van der Waals surface area contributed by atoms with Gasteiger partial charge in [0, 0.05) is 10.5 Å². The first-order chi connectivity index (χ1) is 14.2. The molecule has 4 rings (SSSR count). The number of rotatable bonds is 7. The van der Waals surface area contributed by atoms with E-state index in [4.69, 9.17) is 4.74 Å². The minimum atomic E-state index is -0.141. The van der Waals surface area contributed by atoms with Crippen LogP contribution in [0.3, 0.4) is 0 Å². The van der Waals surface area contributed by atoms with Gasteiger partial charge in [-0.2, -0.15) is 9.50 Å². The quantitative estimate of drug-likeness (QED) is 0.328. The molecule has 0 radical (unpaired) electrons. The first kappa shape index (κ1) is 19.7. The zero-order valence-electron chi connectivity index (χ0n) is 16.3. The highest BCUT2D eigenvalue weighted by atomic mass is 32.2. The summed E-state index contributed by atoms with van der Waals surface area (Å²) in [6.07, 6.45) is 6.07. The van der Waals surface area contributed by atoms with Crippen LogP contribution in [0.2, 0.25) is 0 Å². The van der Waals surface area contributed by atoms with Gasteiger partial charge in [0.05, 0.1) is 11.1 Å². The van der Waals surface area contributed by atoms with Crippen LogP contribution in [0.15, 0.2) is 58.2 Å². The number of ether oxygens (including phenoxy) is 1. The van der Waals surface area contributed by atoms with E-state index in [0.717, 1.165) is 29.7 Å².